The summed E-state index contributed by atoms with van der Waals surface area (Å²) in [5.74, 6) is -2.51. The Kier molecular flexibility index (Phi) is 3.25. The van der Waals surface area contributed by atoms with Crippen LogP contribution in [0.5, 0.6) is 0 Å². The maximum Gasteiger partial charge on any atom is 0.338 e. The first-order chi connectivity index (χ1) is 10.0. The van der Waals surface area contributed by atoms with Gasteiger partial charge in [0.2, 0.25) is 5.95 Å². The van der Waals surface area contributed by atoms with E-state index in [1.165, 1.54) is 24.5 Å². The summed E-state index contributed by atoms with van der Waals surface area (Å²) in [6.07, 6.45) is 3.49. The van der Waals surface area contributed by atoms with E-state index in [2.05, 4.69) is 15.3 Å². The molecule has 2 aromatic rings. The van der Waals surface area contributed by atoms with E-state index in [0.29, 0.717) is 18.8 Å². The second kappa shape index (κ2) is 5.08. The van der Waals surface area contributed by atoms with Gasteiger partial charge in [0, 0.05) is 18.4 Å². The summed E-state index contributed by atoms with van der Waals surface area (Å²) in [5.41, 5.74) is 1.52. The lowest BCUT2D eigenvalue weighted by Gasteiger charge is -2.11. The van der Waals surface area contributed by atoms with Crippen LogP contribution in [-0.2, 0) is 12.8 Å². The molecule has 0 amide bonds. The number of aromatic nitrogens is 2. The van der Waals surface area contributed by atoms with Crippen molar-refractivity contribution in [1.29, 1.82) is 0 Å². The third-order valence-electron chi connectivity index (χ3n) is 3.41. The van der Waals surface area contributed by atoms with Gasteiger partial charge in [-0.3, -0.25) is 0 Å². The van der Waals surface area contributed by atoms with Gasteiger partial charge in [-0.15, -0.1) is 0 Å². The van der Waals surface area contributed by atoms with E-state index in [1.54, 1.807) is 0 Å². The zero-order valence-corrected chi connectivity index (χ0v) is 10.8. The van der Waals surface area contributed by atoms with Crippen LogP contribution < -0.4 is 5.32 Å². The SMILES string of the molecule is O=C(O)c1cnc(NC2Cc3cc(F)c(F)cc3C2)nc1. The van der Waals surface area contributed by atoms with Gasteiger partial charge in [0.15, 0.2) is 11.6 Å². The molecule has 108 valence electrons. The maximum atomic E-state index is 13.2. The first-order valence-electron chi connectivity index (χ1n) is 6.31. The van der Waals surface area contributed by atoms with E-state index < -0.39 is 17.6 Å². The number of halogens is 2. The van der Waals surface area contributed by atoms with Gasteiger partial charge in [-0.1, -0.05) is 0 Å². The number of anilines is 1. The summed E-state index contributed by atoms with van der Waals surface area (Å²) in [5, 5.41) is 11.8. The van der Waals surface area contributed by atoms with Crippen molar-refractivity contribution in [2.45, 2.75) is 18.9 Å². The lowest BCUT2D eigenvalue weighted by molar-refractivity contribution is 0.0696. The summed E-state index contributed by atoms with van der Waals surface area (Å²) in [7, 11) is 0. The molecule has 0 atom stereocenters. The van der Waals surface area contributed by atoms with E-state index in [-0.39, 0.29) is 11.6 Å². The number of aromatic carboxylic acids is 1. The Morgan fingerprint density at radius 1 is 1.14 bits per heavy atom. The highest BCUT2D eigenvalue weighted by Gasteiger charge is 2.24. The van der Waals surface area contributed by atoms with Gasteiger partial charge >= 0.3 is 5.97 Å². The van der Waals surface area contributed by atoms with Crippen LogP contribution in [0.15, 0.2) is 24.5 Å². The molecule has 2 N–H and O–H groups in total. The minimum absolute atomic E-state index is 0.000555. The Bertz CT molecular complexity index is 673. The number of hydrogen-bond acceptors (Lipinski definition) is 4. The Morgan fingerprint density at radius 3 is 2.14 bits per heavy atom. The van der Waals surface area contributed by atoms with Crippen LogP contribution in [0.3, 0.4) is 0 Å². The molecule has 3 rings (SSSR count). The lowest BCUT2D eigenvalue weighted by atomic mass is 10.1. The van der Waals surface area contributed by atoms with Crippen molar-refractivity contribution in [2.24, 2.45) is 0 Å². The van der Waals surface area contributed by atoms with Gasteiger partial charge in [-0.25, -0.2) is 23.5 Å². The normalized spacial score (nSPS) is 14.0. The molecule has 0 aliphatic heterocycles. The Morgan fingerprint density at radius 2 is 1.67 bits per heavy atom. The fourth-order valence-corrected chi connectivity index (χ4v) is 2.41. The molecule has 0 fully saturated rings. The van der Waals surface area contributed by atoms with Gasteiger partial charge in [-0.05, 0) is 36.1 Å². The van der Waals surface area contributed by atoms with Crippen molar-refractivity contribution in [3.63, 3.8) is 0 Å². The molecule has 21 heavy (non-hydrogen) atoms. The molecule has 1 aromatic carbocycles. The third kappa shape index (κ3) is 2.67. The average Bonchev–Trinajstić information content (AvgIpc) is 2.81. The molecule has 0 spiro atoms. The van der Waals surface area contributed by atoms with Crippen molar-refractivity contribution >= 4 is 11.9 Å². The molecule has 0 unspecified atom stereocenters. The van der Waals surface area contributed by atoms with Gasteiger partial charge in [0.25, 0.3) is 0 Å². The Balaban J connectivity index is 1.72. The highest BCUT2D eigenvalue weighted by atomic mass is 19.2. The van der Waals surface area contributed by atoms with E-state index in [0.717, 1.165) is 11.1 Å². The van der Waals surface area contributed by atoms with E-state index >= 15 is 0 Å². The number of carboxylic acid groups (broad SMARTS) is 1. The second-order valence-electron chi connectivity index (χ2n) is 4.89. The smallest absolute Gasteiger partial charge is 0.338 e. The quantitative estimate of drug-likeness (QED) is 0.905. The van der Waals surface area contributed by atoms with Crippen LogP contribution in [0.4, 0.5) is 14.7 Å². The molecule has 1 heterocycles. The maximum absolute atomic E-state index is 13.2. The summed E-state index contributed by atoms with van der Waals surface area (Å²) in [4.78, 5) is 18.5. The molecular weight excluding hydrogens is 280 g/mol. The van der Waals surface area contributed by atoms with Crippen LogP contribution in [0.2, 0.25) is 0 Å². The number of carbonyl (C=O) groups is 1. The third-order valence-corrected chi connectivity index (χ3v) is 3.41. The number of carboxylic acids is 1. The first kappa shape index (κ1) is 13.4. The standard InChI is InChI=1S/C14H11F2N3O2/c15-11-3-7-1-10(2-8(7)4-12(11)16)19-14-17-5-9(6-18-14)13(20)21/h3-6,10H,1-2H2,(H,20,21)(H,17,18,19). The molecular formula is C14H11F2N3O2. The second-order valence-corrected chi connectivity index (χ2v) is 4.89. The highest BCUT2D eigenvalue weighted by molar-refractivity contribution is 5.86. The van der Waals surface area contributed by atoms with Gasteiger partial charge in [0.1, 0.15) is 0 Å². The Hall–Kier alpha value is -2.57. The summed E-state index contributed by atoms with van der Waals surface area (Å²) >= 11 is 0. The van der Waals surface area contributed by atoms with Gasteiger partial charge in [-0.2, -0.15) is 0 Å². The molecule has 0 bridgehead atoms. The van der Waals surface area contributed by atoms with E-state index in [4.69, 9.17) is 5.11 Å². The van der Waals surface area contributed by atoms with E-state index in [1.807, 2.05) is 0 Å². The molecule has 7 heteroatoms. The number of fused-ring (bicyclic) bond motifs is 1. The fourth-order valence-electron chi connectivity index (χ4n) is 2.41. The summed E-state index contributed by atoms with van der Waals surface area (Å²) < 4.78 is 26.3. The molecule has 0 saturated carbocycles. The zero-order chi connectivity index (χ0) is 15.0. The predicted molar refractivity (Wildman–Crippen MR) is 70.2 cm³/mol. The average molecular weight is 291 g/mol. The van der Waals surface area contributed by atoms with E-state index in [9.17, 15) is 13.6 Å². The number of rotatable bonds is 3. The number of nitrogens with zero attached hydrogens (tertiary/aromatic N) is 2. The van der Waals surface area contributed by atoms with Crippen LogP contribution in [0.25, 0.3) is 0 Å². The fraction of sp³-hybridized carbons (Fsp3) is 0.214. The van der Waals surface area contributed by atoms with Crippen LogP contribution in [-0.4, -0.2) is 27.1 Å². The van der Waals surface area contributed by atoms with Gasteiger partial charge in [0.05, 0.1) is 5.56 Å². The lowest BCUT2D eigenvalue weighted by Crippen LogP contribution is -2.21. The molecule has 0 saturated heterocycles. The van der Waals surface area contributed by atoms with Crippen LogP contribution >= 0.6 is 0 Å². The molecule has 1 aromatic heterocycles. The number of benzene rings is 1. The largest absolute Gasteiger partial charge is 0.478 e. The van der Waals surface area contributed by atoms with Crippen molar-refractivity contribution in [2.75, 3.05) is 5.32 Å². The van der Waals surface area contributed by atoms with Gasteiger partial charge < -0.3 is 10.4 Å². The van der Waals surface area contributed by atoms with Crippen molar-refractivity contribution in [3.05, 3.63) is 52.9 Å². The zero-order valence-electron chi connectivity index (χ0n) is 10.8. The van der Waals surface area contributed by atoms with Crippen molar-refractivity contribution in [3.8, 4) is 0 Å². The van der Waals surface area contributed by atoms with Crippen molar-refractivity contribution in [1.82, 2.24) is 9.97 Å². The molecule has 1 aliphatic carbocycles. The highest BCUT2D eigenvalue weighted by Crippen LogP contribution is 2.26. The Labute approximate surface area is 118 Å². The first-order valence-corrected chi connectivity index (χ1v) is 6.31. The minimum Gasteiger partial charge on any atom is -0.478 e. The van der Waals surface area contributed by atoms with Crippen LogP contribution in [0, 0.1) is 11.6 Å². The minimum atomic E-state index is -1.10. The topological polar surface area (TPSA) is 75.1 Å². The van der Waals surface area contributed by atoms with Crippen molar-refractivity contribution < 1.29 is 18.7 Å². The molecule has 5 nitrogen and oxygen atoms in total. The van der Waals surface area contributed by atoms with Crippen LogP contribution in [0.1, 0.15) is 21.5 Å². The number of hydrogen-bond donors (Lipinski definition) is 2. The molecule has 0 radical (unpaired) electrons. The summed E-state index contributed by atoms with van der Waals surface area (Å²) in [6.45, 7) is 0. The molecule has 1 aliphatic rings. The number of nitrogens with one attached hydrogen (secondary N) is 1. The summed E-state index contributed by atoms with van der Waals surface area (Å²) in [6, 6.07) is 2.35. The monoisotopic (exact) mass is 291 g/mol. The predicted octanol–water partition coefficient (Wildman–Crippen LogP) is 2.03.